The molecule has 0 radical (unpaired) electrons. The van der Waals surface area contributed by atoms with Crippen LogP contribution in [0, 0.1) is 18.7 Å². The van der Waals surface area contributed by atoms with Crippen molar-refractivity contribution in [2.75, 3.05) is 13.1 Å². The molecule has 2 aromatic carbocycles. The normalized spacial score (nSPS) is 16.3. The van der Waals surface area contributed by atoms with Crippen LogP contribution in [0.25, 0.3) is 0 Å². The summed E-state index contributed by atoms with van der Waals surface area (Å²) < 4.78 is 19.5. The van der Waals surface area contributed by atoms with Gasteiger partial charge in [0.2, 0.25) is 0 Å². The predicted octanol–water partition coefficient (Wildman–Crippen LogP) is 4.13. The molecule has 1 aliphatic heterocycles. The van der Waals surface area contributed by atoms with Crippen molar-refractivity contribution in [3.8, 4) is 5.75 Å². The maximum Gasteiger partial charge on any atom is 0.141 e. The zero-order valence-corrected chi connectivity index (χ0v) is 12.5. The number of halogens is 2. The summed E-state index contributed by atoms with van der Waals surface area (Å²) in [5, 5.41) is 3.38. The minimum Gasteiger partial charge on any atom is -0.485 e. The molecule has 0 spiro atoms. The second-order valence-electron chi connectivity index (χ2n) is 5.45. The first-order valence-corrected chi connectivity index (χ1v) is 7.40. The van der Waals surface area contributed by atoms with E-state index in [9.17, 15) is 4.39 Å². The average Bonchev–Trinajstić information content (AvgIpc) is 2.39. The molecule has 0 amide bonds. The first-order valence-electron chi connectivity index (χ1n) is 7.02. The largest absolute Gasteiger partial charge is 0.485 e. The Bertz CT molecular complexity index is 642. The van der Waals surface area contributed by atoms with E-state index in [2.05, 4.69) is 5.32 Å². The topological polar surface area (TPSA) is 21.3 Å². The smallest absolute Gasteiger partial charge is 0.141 e. The van der Waals surface area contributed by atoms with Crippen LogP contribution in [-0.4, -0.2) is 13.1 Å². The summed E-state index contributed by atoms with van der Waals surface area (Å²) in [6.45, 7) is 3.82. The molecule has 110 valence electrons. The van der Waals surface area contributed by atoms with Crippen LogP contribution in [0.2, 0.25) is 5.02 Å². The number of nitrogens with one attached hydrogen (secondary N) is 1. The molecular weight excluding hydrogens is 289 g/mol. The number of benzene rings is 2. The standard InChI is InChI=1S/C17H17ClFNO/c1-11-3-2-4-14(7-11)21-17(13-9-20-10-13)12-5-6-16(19)15(18)8-12/h2-8,13,17,20H,9-10H2,1H3. The summed E-state index contributed by atoms with van der Waals surface area (Å²) in [5.41, 5.74) is 2.06. The van der Waals surface area contributed by atoms with Crippen molar-refractivity contribution in [3.63, 3.8) is 0 Å². The average molecular weight is 306 g/mol. The maximum atomic E-state index is 13.4. The molecule has 1 atom stereocenters. The Labute approximate surface area is 128 Å². The molecule has 21 heavy (non-hydrogen) atoms. The molecule has 3 rings (SSSR count). The van der Waals surface area contributed by atoms with Gasteiger partial charge >= 0.3 is 0 Å². The van der Waals surface area contributed by atoms with Gasteiger partial charge in [-0.1, -0.05) is 29.8 Å². The van der Waals surface area contributed by atoms with Gasteiger partial charge in [-0.3, -0.25) is 0 Å². The van der Waals surface area contributed by atoms with Gasteiger partial charge in [-0.25, -0.2) is 4.39 Å². The molecule has 0 aliphatic carbocycles. The lowest BCUT2D eigenvalue weighted by molar-refractivity contribution is 0.0992. The number of aryl methyl sites for hydroxylation is 1. The number of hydrogen-bond acceptors (Lipinski definition) is 2. The summed E-state index contributed by atoms with van der Waals surface area (Å²) in [6.07, 6.45) is -0.119. The minimum absolute atomic E-state index is 0.119. The fraction of sp³-hybridized carbons (Fsp3) is 0.294. The Hall–Kier alpha value is -1.58. The highest BCUT2D eigenvalue weighted by molar-refractivity contribution is 6.30. The van der Waals surface area contributed by atoms with Crippen molar-refractivity contribution in [1.29, 1.82) is 0 Å². The summed E-state index contributed by atoms with van der Waals surface area (Å²) in [7, 11) is 0. The van der Waals surface area contributed by atoms with Gasteiger partial charge in [-0.05, 0) is 42.3 Å². The molecule has 2 aromatic rings. The van der Waals surface area contributed by atoms with E-state index in [1.807, 2.05) is 31.2 Å². The second kappa shape index (κ2) is 6.04. The van der Waals surface area contributed by atoms with Gasteiger partial charge in [-0.2, -0.15) is 0 Å². The fourth-order valence-corrected chi connectivity index (χ4v) is 2.68. The number of rotatable bonds is 4. The molecule has 1 heterocycles. The van der Waals surface area contributed by atoms with Crippen molar-refractivity contribution in [2.24, 2.45) is 5.92 Å². The first-order chi connectivity index (χ1) is 10.1. The van der Waals surface area contributed by atoms with Gasteiger partial charge in [0.25, 0.3) is 0 Å². The van der Waals surface area contributed by atoms with Crippen LogP contribution in [0.1, 0.15) is 17.2 Å². The molecular formula is C17H17ClFNO. The van der Waals surface area contributed by atoms with E-state index in [0.717, 1.165) is 30.0 Å². The van der Waals surface area contributed by atoms with E-state index < -0.39 is 5.82 Å². The molecule has 1 saturated heterocycles. The highest BCUT2D eigenvalue weighted by Crippen LogP contribution is 2.32. The summed E-state index contributed by atoms with van der Waals surface area (Å²) in [5.74, 6) is 0.792. The lowest BCUT2D eigenvalue weighted by atomic mass is 9.90. The second-order valence-corrected chi connectivity index (χ2v) is 5.85. The fourth-order valence-electron chi connectivity index (χ4n) is 2.49. The molecule has 0 bridgehead atoms. The van der Waals surface area contributed by atoms with Crippen LogP contribution in [0.4, 0.5) is 4.39 Å². The van der Waals surface area contributed by atoms with Gasteiger partial charge in [-0.15, -0.1) is 0 Å². The van der Waals surface area contributed by atoms with Crippen LogP contribution < -0.4 is 10.1 Å². The Kier molecular flexibility index (Phi) is 4.13. The van der Waals surface area contributed by atoms with E-state index in [1.165, 1.54) is 6.07 Å². The highest BCUT2D eigenvalue weighted by Gasteiger charge is 2.30. The lowest BCUT2D eigenvalue weighted by Gasteiger charge is -2.35. The Morgan fingerprint density at radius 2 is 2.05 bits per heavy atom. The monoisotopic (exact) mass is 305 g/mol. The molecule has 1 aliphatic rings. The molecule has 0 saturated carbocycles. The van der Waals surface area contributed by atoms with Crippen molar-refractivity contribution < 1.29 is 9.13 Å². The zero-order valence-electron chi connectivity index (χ0n) is 11.8. The number of hydrogen-bond donors (Lipinski definition) is 1. The van der Waals surface area contributed by atoms with E-state index in [1.54, 1.807) is 12.1 Å². The lowest BCUT2D eigenvalue weighted by Crippen LogP contribution is -2.46. The molecule has 4 heteroatoms. The van der Waals surface area contributed by atoms with Gasteiger partial charge < -0.3 is 10.1 Å². The third-order valence-electron chi connectivity index (χ3n) is 3.77. The molecule has 1 unspecified atom stereocenters. The zero-order chi connectivity index (χ0) is 14.8. The molecule has 1 N–H and O–H groups in total. The quantitative estimate of drug-likeness (QED) is 0.917. The molecule has 1 fully saturated rings. The van der Waals surface area contributed by atoms with Crippen LogP contribution in [0.15, 0.2) is 42.5 Å². The number of ether oxygens (including phenoxy) is 1. The van der Waals surface area contributed by atoms with E-state index in [0.29, 0.717) is 5.92 Å². The van der Waals surface area contributed by atoms with Crippen molar-refractivity contribution in [2.45, 2.75) is 13.0 Å². The van der Waals surface area contributed by atoms with E-state index in [4.69, 9.17) is 16.3 Å². The van der Waals surface area contributed by atoms with E-state index >= 15 is 0 Å². The molecule has 0 aromatic heterocycles. The first kappa shape index (κ1) is 14.4. The van der Waals surface area contributed by atoms with Crippen molar-refractivity contribution >= 4 is 11.6 Å². The van der Waals surface area contributed by atoms with Gasteiger partial charge in [0, 0.05) is 19.0 Å². The van der Waals surface area contributed by atoms with Gasteiger partial charge in [0.05, 0.1) is 5.02 Å². The minimum atomic E-state index is -0.401. The summed E-state index contributed by atoms with van der Waals surface area (Å²) in [4.78, 5) is 0. The molecule has 2 nitrogen and oxygen atoms in total. The third kappa shape index (κ3) is 3.20. The third-order valence-corrected chi connectivity index (χ3v) is 4.06. The van der Waals surface area contributed by atoms with E-state index in [-0.39, 0.29) is 11.1 Å². The summed E-state index contributed by atoms with van der Waals surface area (Å²) in [6, 6.07) is 12.8. The Balaban J connectivity index is 1.88. The van der Waals surface area contributed by atoms with Crippen molar-refractivity contribution in [1.82, 2.24) is 5.32 Å². The predicted molar refractivity (Wildman–Crippen MR) is 82.3 cm³/mol. The SMILES string of the molecule is Cc1cccc(OC(c2ccc(F)c(Cl)c2)C2CNC2)c1. The van der Waals surface area contributed by atoms with Gasteiger partial charge in [0.15, 0.2) is 0 Å². The van der Waals surface area contributed by atoms with Crippen LogP contribution in [0.3, 0.4) is 0 Å². The Morgan fingerprint density at radius 1 is 1.24 bits per heavy atom. The summed E-state index contributed by atoms with van der Waals surface area (Å²) >= 11 is 5.91. The van der Waals surface area contributed by atoms with Gasteiger partial charge in [0.1, 0.15) is 17.7 Å². The Morgan fingerprint density at radius 3 is 2.67 bits per heavy atom. The maximum absolute atomic E-state index is 13.4. The van der Waals surface area contributed by atoms with Crippen LogP contribution in [-0.2, 0) is 0 Å². The van der Waals surface area contributed by atoms with Crippen LogP contribution in [0.5, 0.6) is 5.75 Å². The highest BCUT2D eigenvalue weighted by atomic mass is 35.5. The van der Waals surface area contributed by atoms with Crippen LogP contribution >= 0.6 is 11.6 Å². The van der Waals surface area contributed by atoms with Crippen molar-refractivity contribution in [3.05, 3.63) is 64.4 Å².